The Morgan fingerprint density at radius 1 is 0.906 bits per heavy atom. The van der Waals surface area contributed by atoms with Crippen LogP contribution in [0.25, 0.3) is 22.0 Å². The van der Waals surface area contributed by atoms with Crippen LogP contribution in [0.5, 0.6) is 11.5 Å². The van der Waals surface area contributed by atoms with Crippen molar-refractivity contribution in [3.63, 3.8) is 0 Å². The highest BCUT2D eigenvalue weighted by atomic mass is 16.5. The molecule has 3 aromatic carbocycles. The first-order valence-electron chi connectivity index (χ1n) is 10.7. The average Bonchev–Trinajstić information content (AvgIpc) is 2.81. The average molecular weight is 431 g/mol. The number of ether oxygens (including phenoxy) is 2. The Labute approximate surface area is 186 Å². The second kappa shape index (κ2) is 9.66. The van der Waals surface area contributed by atoms with E-state index in [2.05, 4.69) is 5.10 Å². The zero-order valence-electron chi connectivity index (χ0n) is 18.2. The number of benzene rings is 3. The molecule has 0 amide bonds. The Bertz CT molecular complexity index is 1250. The number of aryl methyl sites for hydroxylation is 1. The second-order valence-electron chi connectivity index (χ2n) is 7.62. The van der Waals surface area contributed by atoms with E-state index >= 15 is 0 Å². The molecule has 0 fully saturated rings. The summed E-state index contributed by atoms with van der Waals surface area (Å²) in [7, 11) is 0. The minimum absolute atomic E-state index is 0.0273. The molecule has 1 atom stereocenters. The minimum atomic E-state index is -0.904. The summed E-state index contributed by atoms with van der Waals surface area (Å²) in [5.41, 5.74) is 2.53. The topological polar surface area (TPSA) is 73.6 Å². The standard InChI is InChI=1S/C26H26N2O4/c1-3-31-21-12-14-22(15-13-21)32-17-20(29)16-28-26(30)24-7-5-4-6-23(24)25(27-28)19-10-8-18(2)9-11-19/h4-15,20,29H,3,16-17H2,1-2H3/t20-/m0/s1. The molecule has 1 heterocycles. The van der Waals surface area contributed by atoms with Crippen molar-refractivity contribution in [2.45, 2.75) is 26.5 Å². The van der Waals surface area contributed by atoms with E-state index in [1.54, 1.807) is 18.2 Å². The number of rotatable bonds is 8. The van der Waals surface area contributed by atoms with Gasteiger partial charge in [-0.1, -0.05) is 48.0 Å². The van der Waals surface area contributed by atoms with Gasteiger partial charge in [0.2, 0.25) is 0 Å². The molecular weight excluding hydrogens is 404 g/mol. The van der Waals surface area contributed by atoms with E-state index in [9.17, 15) is 9.90 Å². The molecule has 0 spiro atoms. The van der Waals surface area contributed by atoms with Crippen molar-refractivity contribution in [3.05, 3.63) is 88.7 Å². The molecule has 0 aliphatic rings. The molecule has 4 rings (SSSR count). The van der Waals surface area contributed by atoms with Crippen LogP contribution in [0.2, 0.25) is 0 Å². The van der Waals surface area contributed by atoms with Gasteiger partial charge in [-0.25, -0.2) is 4.68 Å². The maximum Gasteiger partial charge on any atom is 0.274 e. The number of aliphatic hydroxyl groups is 1. The van der Waals surface area contributed by atoms with Gasteiger partial charge in [0.05, 0.1) is 24.2 Å². The van der Waals surface area contributed by atoms with Crippen LogP contribution in [0.4, 0.5) is 0 Å². The summed E-state index contributed by atoms with van der Waals surface area (Å²) in [5, 5.41) is 16.5. The SMILES string of the molecule is CCOc1ccc(OC[C@@H](O)Cn2nc(-c3ccc(C)cc3)c3ccccc3c2=O)cc1. The lowest BCUT2D eigenvalue weighted by molar-refractivity contribution is 0.0882. The largest absolute Gasteiger partial charge is 0.494 e. The van der Waals surface area contributed by atoms with E-state index in [1.807, 2.05) is 68.4 Å². The van der Waals surface area contributed by atoms with Gasteiger partial charge in [0.15, 0.2) is 0 Å². The number of aliphatic hydroxyl groups excluding tert-OH is 1. The lowest BCUT2D eigenvalue weighted by atomic mass is 10.0. The van der Waals surface area contributed by atoms with Gasteiger partial charge in [-0.15, -0.1) is 0 Å². The van der Waals surface area contributed by atoms with E-state index in [0.717, 1.165) is 22.3 Å². The van der Waals surface area contributed by atoms with Crippen molar-refractivity contribution in [3.8, 4) is 22.8 Å². The number of hydrogen-bond acceptors (Lipinski definition) is 5. The summed E-state index contributed by atoms with van der Waals surface area (Å²) in [6.45, 7) is 4.61. The van der Waals surface area contributed by atoms with Gasteiger partial charge in [-0.05, 0) is 44.2 Å². The predicted molar refractivity (Wildman–Crippen MR) is 125 cm³/mol. The van der Waals surface area contributed by atoms with Crippen LogP contribution in [-0.4, -0.2) is 34.2 Å². The van der Waals surface area contributed by atoms with Crippen LogP contribution in [0, 0.1) is 6.92 Å². The zero-order chi connectivity index (χ0) is 22.5. The summed E-state index contributed by atoms with van der Waals surface area (Å²) in [4.78, 5) is 13.0. The van der Waals surface area contributed by atoms with Gasteiger partial charge in [0, 0.05) is 10.9 Å². The Morgan fingerprint density at radius 2 is 1.53 bits per heavy atom. The molecule has 0 saturated heterocycles. The van der Waals surface area contributed by atoms with E-state index in [1.165, 1.54) is 4.68 Å². The van der Waals surface area contributed by atoms with E-state index in [0.29, 0.717) is 23.4 Å². The quantitative estimate of drug-likeness (QED) is 0.453. The third-order valence-corrected chi connectivity index (χ3v) is 5.15. The Hall–Kier alpha value is -3.64. The molecular formula is C26H26N2O4. The summed E-state index contributed by atoms with van der Waals surface area (Å²) in [6, 6.07) is 22.6. The van der Waals surface area contributed by atoms with E-state index in [4.69, 9.17) is 9.47 Å². The molecule has 0 radical (unpaired) electrons. The normalized spacial score (nSPS) is 12.0. The Kier molecular flexibility index (Phi) is 6.52. The molecule has 6 nitrogen and oxygen atoms in total. The van der Waals surface area contributed by atoms with E-state index < -0.39 is 6.10 Å². The fourth-order valence-corrected chi connectivity index (χ4v) is 3.53. The van der Waals surface area contributed by atoms with Crippen LogP contribution >= 0.6 is 0 Å². The predicted octanol–water partition coefficient (Wildman–Crippen LogP) is 4.21. The third-order valence-electron chi connectivity index (χ3n) is 5.15. The first kappa shape index (κ1) is 21.6. The third kappa shape index (κ3) is 4.81. The molecule has 1 aromatic heterocycles. The number of hydrogen-bond donors (Lipinski definition) is 1. The monoisotopic (exact) mass is 430 g/mol. The molecule has 0 bridgehead atoms. The number of aromatic nitrogens is 2. The highest BCUT2D eigenvalue weighted by Crippen LogP contribution is 2.25. The van der Waals surface area contributed by atoms with Gasteiger partial charge in [-0.2, -0.15) is 5.10 Å². The Morgan fingerprint density at radius 3 is 2.19 bits per heavy atom. The second-order valence-corrected chi connectivity index (χ2v) is 7.62. The number of fused-ring (bicyclic) bond motifs is 1. The fourth-order valence-electron chi connectivity index (χ4n) is 3.53. The van der Waals surface area contributed by atoms with Crippen LogP contribution in [0.15, 0.2) is 77.6 Å². The van der Waals surface area contributed by atoms with Crippen molar-refractivity contribution in [1.29, 1.82) is 0 Å². The van der Waals surface area contributed by atoms with Crippen LogP contribution in [0.1, 0.15) is 12.5 Å². The van der Waals surface area contributed by atoms with E-state index in [-0.39, 0.29) is 18.7 Å². The molecule has 0 aliphatic heterocycles. The first-order chi connectivity index (χ1) is 15.5. The highest BCUT2D eigenvalue weighted by molar-refractivity contribution is 5.93. The van der Waals surface area contributed by atoms with Crippen LogP contribution < -0.4 is 15.0 Å². The van der Waals surface area contributed by atoms with Gasteiger partial charge < -0.3 is 14.6 Å². The highest BCUT2D eigenvalue weighted by Gasteiger charge is 2.15. The lowest BCUT2D eigenvalue weighted by Crippen LogP contribution is -2.32. The van der Waals surface area contributed by atoms with Crippen molar-refractivity contribution >= 4 is 10.8 Å². The summed E-state index contributed by atoms with van der Waals surface area (Å²) in [6.07, 6.45) is -0.904. The molecule has 1 N–H and O–H groups in total. The van der Waals surface area contributed by atoms with Crippen molar-refractivity contribution in [2.24, 2.45) is 0 Å². The lowest BCUT2D eigenvalue weighted by Gasteiger charge is -2.16. The molecule has 0 unspecified atom stereocenters. The zero-order valence-corrected chi connectivity index (χ0v) is 18.2. The molecule has 6 heteroatoms. The van der Waals surface area contributed by atoms with Crippen molar-refractivity contribution in [2.75, 3.05) is 13.2 Å². The maximum atomic E-state index is 13.0. The van der Waals surface area contributed by atoms with Gasteiger partial charge in [0.1, 0.15) is 24.2 Å². The maximum absolute atomic E-state index is 13.0. The minimum Gasteiger partial charge on any atom is -0.494 e. The van der Waals surface area contributed by atoms with Crippen molar-refractivity contribution < 1.29 is 14.6 Å². The Balaban J connectivity index is 1.56. The number of nitrogens with zero attached hydrogens (tertiary/aromatic N) is 2. The first-order valence-corrected chi connectivity index (χ1v) is 10.7. The summed E-state index contributed by atoms with van der Waals surface area (Å²) >= 11 is 0. The summed E-state index contributed by atoms with van der Waals surface area (Å²) < 4.78 is 12.4. The van der Waals surface area contributed by atoms with Gasteiger partial charge >= 0.3 is 0 Å². The molecule has 0 aliphatic carbocycles. The van der Waals surface area contributed by atoms with Crippen LogP contribution in [-0.2, 0) is 6.54 Å². The van der Waals surface area contributed by atoms with Gasteiger partial charge in [-0.3, -0.25) is 4.79 Å². The summed E-state index contributed by atoms with van der Waals surface area (Å²) in [5.74, 6) is 1.38. The molecule has 164 valence electrons. The van der Waals surface area contributed by atoms with Gasteiger partial charge in [0.25, 0.3) is 5.56 Å². The molecule has 4 aromatic rings. The smallest absolute Gasteiger partial charge is 0.274 e. The molecule has 32 heavy (non-hydrogen) atoms. The van der Waals surface area contributed by atoms with Crippen molar-refractivity contribution in [1.82, 2.24) is 9.78 Å². The molecule has 0 saturated carbocycles. The van der Waals surface area contributed by atoms with Crippen LogP contribution in [0.3, 0.4) is 0 Å². The fraction of sp³-hybridized carbons (Fsp3) is 0.231.